The van der Waals surface area contributed by atoms with Crippen molar-refractivity contribution >= 4 is 18.7 Å². The first-order valence-electron chi connectivity index (χ1n) is 13.8. The molecule has 2 fully saturated rings. The third-order valence-corrected chi connectivity index (χ3v) is 8.01. The normalized spacial score (nSPS) is 22.4. The summed E-state index contributed by atoms with van der Waals surface area (Å²) in [4.78, 5) is 22.8. The lowest BCUT2D eigenvalue weighted by atomic mass is 9.78. The first kappa shape index (κ1) is 27.5. The van der Waals surface area contributed by atoms with E-state index in [0.29, 0.717) is 12.5 Å². The van der Waals surface area contributed by atoms with Crippen LogP contribution < -0.4 is 5.46 Å². The maximum atomic E-state index is 12.8. The molecule has 206 valence electrons. The Kier molecular flexibility index (Phi) is 6.92. The first-order valence-corrected chi connectivity index (χ1v) is 13.8. The van der Waals surface area contributed by atoms with Gasteiger partial charge in [0, 0.05) is 6.54 Å². The SMILES string of the molecule is CC1CC(c2ncc(-c3ccc(-c4ccc(B5OC(C)(C)C(C)(C)O5)cc4)cc3)[nH]2)N(C(=O)OC(C)(C)C)C1. The maximum absolute atomic E-state index is 12.8. The fourth-order valence-electron chi connectivity index (χ4n) is 5.13. The average Bonchev–Trinajstić information content (AvgIpc) is 3.54. The van der Waals surface area contributed by atoms with Crippen molar-refractivity contribution in [3.8, 4) is 22.4 Å². The number of nitrogens with one attached hydrogen (secondary N) is 1. The number of aromatic amines is 1. The summed E-state index contributed by atoms with van der Waals surface area (Å²) in [5.74, 6) is 1.18. The Morgan fingerprint density at radius 3 is 2.08 bits per heavy atom. The number of carbonyl (C=O) groups is 1. The maximum Gasteiger partial charge on any atom is 0.494 e. The number of amides is 1. The molecule has 5 rings (SSSR count). The summed E-state index contributed by atoms with van der Waals surface area (Å²) in [7, 11) is -0.366. The quantitative estimate of drug-likeness (QED) is 0.398. The Bertz CT molecular complexity index is 1310. The molecule has 1 amide bonds. The Hall–Kier alpha value is -3.10. The summed E-state index contributed by atoms with van der Waals surface area (Å²) in [6, 6.07) is 16.7. The van der Waals surface area contributed by atoms with Crippen LogP contribution in [0.25, 0.3) is 22.4 Å². The second-order valence-corrected chi connectivity index (χ2v) is 13.0. The molecule has 1 N–H and O–H groups in total. The third-order valence-electron chi connectivity index (χ3n) is 8.01. The van der Waals surface area contributed by atoms with E-state index in [-0.39, 0.29) is 30.5 Å². The summed E-state index contributed by atoms with van der Waals surface area (Å²) in [5.41, 5.74) is 3.99. The number of rotatable bonds is 4. The molecule has 1 aromatic heterocycles. The van der Waals surface area contributed by atoms with Crippen LogP contribution in [0.5, 0.6) is 0 Å². The smallest absolute Gasteiger partial charge is 0.444 e. The number of imidazole rings is 1. The number of aromatic nitrogens is 2. The van der Waals surface area contributed by atoms with Crippen molar-refractivity contribution in [2.24, 2.45) is 5.92 Å². The van der Waals surface area contributed by atoms with Crippen LogP contribution in [-0.4, -0.2) is 51.4 Å². The molecule has 39 heavy (non-hydrogen) atoms. The fraction of sp³-hybridized carbons (Fsp3) is 0.484. The van der Waals surface area contributed by atoms with Crippen LogP contribution in [0.15, 0.2) is 54.7 Å². The van der Waals surface area contributed by atoms with Gasteiger partial charge in [-0.15, -0.1) is 0 Å². The van der Waals surface area contributed by atoms with Crippen molar-refractivity contribution in [2.45, 2.75) is 84.7 Å². The lowest BCUT2D eigenvalue weighted by Crippen LogP contribution is -2.41. The third kappa shape index (κ3) is 5.63. The molecule has 3 heterocycles. The second-order valence-electron chi connectivity index (χ2n) is 13.0. The Labute approximate surface area is 232 Å². The number of hydrogen-bond acceptors (Lipinski definition) is 5. The highest BCUT2D eigenvalue weighted by molar-refractivity contribution is 6.62. The highest BCUT2D eigenvalue weighted by Gasteiger charge is 2.51. The Balaban J connectivity index is 1.28. The molecule has 8 heteroatoms. The molecular formula is C31H40BN3O4. The van der Waals surface area contributed by atoms with E-state index < -0.39 is 5.60 Å². The zero-order chi connectivity index (χ0) is 28.2. The van der Waals surface area contributed by atoms with Crippen LogP contribution in [0.2, 0.25) is 0 Å². The summed E-state index contributed by atoms with van der Waals surface area (Å²) < 4.78 is 18.0. The van der Waals surface area contributed by atoms with Gasteiger partial charge in [-0.05, 0) is 83.0 Å². The van der Waals surface area contributed by atoms with E-state index in [2.05, 4.69) is 93.1 Å². The molecule has 2 aliphatic heterocycles. The van der Waals surface area contributed by atoms with Gasteiger partial charge in [-0.2, -0.15) is 0 Å². The van der Waals surface area contributed by atoms with Crippen LogP contribution in [0.4, 0.5) is 4.79 Å². The van der Waals surface area contributed by atoms with Gasteiger partial charge in [-0.3, -0.25) is 4.90 Å². The lowest BCUT2D eigenvalue weighted by Gasteiger charge is -2.32. The van der Waals surface area contributed by atoms with Crippen LogP contribution in [0.1, 0.15) is 73.7 Å². The van der Waals surface area contributed by atoms with Gasteiger partial charge in [0.05, 0.1) is 29.1 Å². The molecular weight excluding hydrogens is 489 g/mol. The van der Waals surface area contributed by atoms with Gasteiger partial charge in [-0.25, -0.2) is 9.78 Å². The first-order chi connectivity index (χ1) is 18.2. The summed E-state index contributed by atoms with van der Waals surface area (Å²) in [6.07, 6.45) is 2.41. The number of likely N-dealkylation sites (tertiary alicyclic amines) is 1. The van der Waals surface area contributed by atoms with E-state index in [1.807, 2.05) is 27.0 Å². The molecule has 0 radical (unpaired) electrons. The number of nitrogens with zero attached hydrogens (tertiary/aromatic N) is 2. The van der Waals surface area contributed by atoms with Gasteiger partial charge in [-0.1, -0.05) is 55.5 Å². The van der Waals surface area contributed by atoms with Crippen molar-refractivity contribution in [1.29, 1.82) is 0 Å². The molecule has 2 unspecified atom stereocenters. The van der Waals surface area contributed by atoms with Crippen LogP contribution in [-0.2, 0) is 14.0 Å². The van der Waals surface area contributed by atoms with Crippen molar-refractivity contribution in [1.82, 2.24) is 14.9 Å². The van der Waals surface area contributed by atoms with Crippen LogP contribution in [0, 0.1) is 5.92 Å². The summed E-state index contributed by atoms with van der Waals surface area (Å²) >= 11 is 0. The molecule has 2 aromatic carbocycles. The van der Waals surface area contributed by atoms with E-state index in [0.717, 1.165) is 40.1 Å². The van der Waals surface area contributed by atoms with Gasteiger partial charge in [0.2, 0.25) is 0 Å². The van der Waals surface area contributed by atoms with Crippen molar-refractivity contribution in [3.05, 3.63) is 60.6 Å². The van der Waals surface area contributed by atoms with Crippen LogP contribution >= 0.6 is 0 Å². The number of hydrogen-bond donors (Lipinski definition) is 1. The summed E-state index contributed by atoms with van der Waals surface area (Å²) in [6.45, 7) is 16.8. The van der Waals surface area contributed by atoms with Gasteiger partial charge in [0.25, 0.3) is 0 Å². The number of benzene rings is 2. The zero-order valence-corrected chi connectivity index (χ0v) is 24.4. The van der Waals surface area contributed by atoms with Crippen LogP contribution in [0.3, 0.4) is 0 Å². The Morgan fingerprint density at radius 2 is 1.51 bits per heavy atom. The van der Waals surface area contributed by atoms with E-state index in [9.17, 15) is 4.79 Å². The van der Waals surface area contributed by atoms with E-state index in [1.165, 1.54) is 0 Å². The molecule has 2 aliphatic rings. The molecule has 0 aliphatic carbocycles. The molecule has 7 nitrogen and oxygen atoms in total. The second kappa shape index (κ2) is 9.83. The molecule has 0 bridgehead atoms. The number of ether oxygens (including phenoxy) is 1. The predicted octanol–water partition coefficient (Wildman–Crippen LogP) is 6.36. The largest absolute Gasteiger partial charge is 0.494 e. The molecule has 0 spiro atoms. The standard InChI is InChI=1S/C31H40BN3O4/c1-20-17-26(35(19-20)28(36)37-29(2,3)4)27-33-18-25(34-27)23-11-9-21(10-12-23)22-13-15-24(16-14-22)32-38-30(5,6)31(7,8)39-32/h9-16,18,20,26H,17,19H2,1-8H3,(H,33,34). The lowest BCUT2D eigenvalue weighted by molar-refractivity contribution is 0.00578. The number of H-pyrrole nitrogens is 1. The monoisotopic (exact) mass is 529 g/mol. The fourth-order valence-corrected chi connectivity index (χ4v) is 5.13. The van der Waals surface area contributed by atoms with E-state index in [4.69, 9.17) is 14.0 Å². The molecule has 2 atom stereocenters. The van der Waals surface area contributed by atoms with E-state index in [1.54, 1.807) is 4.90 Å². The van der Waals surface area contributed by atoms with Crippen molar-refractivity contribution < 1.29 is 18.8 Å². The minimum Gasteiger partial charge on any atom is -0.444 e. The van der Waals surface area contributed by atoms with Gasteiger partial charge >= 0.3 is 13.2 Å². The molecule has 2 saturated heterocycles. The van der Waals surface area contributed by atoms with Crippen molar-refractivity contribution in [2.75, 3.05) is 6.54 Å². The van der Waals surface area contributed by atoms with Gasteiger partial charge in [0.15, 0.2) is 0 Å². The minimum atomic E-state index is -0.532. The molecule has 0 saturated carbocycles. The minimum absolute atomic E-state index is 0.120. The average molecular weight is 529 g/mol. The predicted molar refractivity (Wildman–Crippen MR) is 155 cm³/mol. The highest BCUT2D eigenvalue weighted by Crippen LogP contribution is 2.37. The van der Waals surface area contributed by atoms with Gasteiger partial charge < -0.3 is 19.0 Å². The topological polar surface area (TPSA) is 76.7 Å². The molecule has 3 aromatic rings. The highest BCUT2D eigenvalue weighted by atomic mass is 16.7. The summed E-state index contributed by atoms with van der Waals surface area (Å²) in [5, 5.41) is 0. The van der Waals surface area contributed by atoms with Crippen molar-refractivity contribution in [3.63, 3.8) is 0 Å². The zero-order valence-electron chi connectivity index (χ0n) is 24.4. The van der Waals surface area contributed by atoms with E-state index >= 15 is 0 Å². The Morgan fingerprint density at radius 1 is 0.974 bits per heavy atom. The van der Waals surface area contributed by atoms with Gasteiger partial charge in [0.1, 0.15) is 11.4 Å². The number of carbonyl (C=O) groups excluding carboxylic acids is 1.